The van der Waals surface area contributed by atoms with Crippen molar-refractivity contribution in [2.75, 3.05) is 13.6 Å². The van der Waals surface area contributed by atoms with Gasteiger partial charge in [-0.25, -0.2) is 0 Å². The fourth-order valence-corrected chi connectivity index (χ4v) is 5.28. The van der Waals surface area contributed by atoms with Crippen LogP contribution >= 0.6 is 36.3 Å². The number of aryl methyl sites for hydroxylation is 1. The molecule has 0 fully saturated rings. The lowest BCUT2D eigenvalue weighted by molar-refractivity contribution is 0.229. The highest BCUT2D eigenvalue weighted by Crippen LogP contribution is 2.52. The molecule has 0 saturated carbocycles. The van der Waals surface area contributed by atoms with Crippen LogP contribution in [0.15, 0.2) is 18.2 Å². The van der Waals surface area contributed by atoms with Gasteiger partial charge in [0.05, 0.1) is 10.4 Å². The monoisotopic (exact) mass is 410 g/mol. The summed E-state index contributed by atoms with van der Waals surface area (Å²) in [6, 6.07) is 6.03. The van der Waals surface area contributed by atoms with E-state index in [4.69, 9.17) is 0 Å². The van der Waals surface area contributed by atoms with Gasteiger partial charge in [-0.15, -0.1) is 24.8 Å². The number of nitrogens with zero attached hydrogens (tertiary/aromatic N) is 2. The Kier molecular flexibility index (Phi) is 4.86. The fourth-order valence-electron chi connectivity index (χ4n) is 4.33. The lowest BCUT2D eigenvalue weighted by Crippen LogP contribution is -2.35. The third kappa shape index (κ3) is 2.42. The molecule has 1 aromatic heterocycles. The second kappa shape index (κ2) is 6.57. The predicted molar refractivity (Wildman–Crippen MR) is 110 cm³/mol. The summed E-state index contributed by atoms with van der Waals surface area (Å²) in [6.07, 6.45) is 1.87. The van der Waals surface area contributed by atoms with E-state index in [1.54, 1.807) is 17.6 Å². The van der Waals surface area contributed by atoms with Crippen LogP contribution in [0.1, 0.15) is 28.4 Å². The van der Waals surface area contributed by atoms with Gasteiger partial charge in [0.2, 0.25) is 0 Å². The van der Waals surface area contributed by atoms with Gasteiger partial charge in [-0.3, -0.25) is 4.90 Å². The molecule has 4 nitrogen and oxygen atoms in total. The summed E-state index contributed by atoms with van der Waals surface area (Å²) in [5.74, 6) is -0.0491. The first-order valence-electron chi connectivity index (χ1n) is 8.22. The number of fused-ring (bicyclic) bond motifs is 4. The van der Waals surface area contributed by atoms with Gasteiger partial charge < -0.3 is 10.2 Å². The van der Waals surface area contributed by atoms with Gasteiger partial charge in [0, 0.05) is 23.5 Å². The molecule has 1 aliphatic carbocycles. The summed E-state index contributed by atoms with van der Waals surface area (Å²) >= 11 is 1.58. The highest BCUT2D eigenvalue weighted by atomic mass is 35.5. The molecule has 0 unspecified atom stereocenters. The second-order valence-electron chi connectivity index (χ2n) is 6.88. The van der Waals surface area contributed by atoms with E-state index >= 15 is 0 Å². The SMILES string of the molecule is Cc1nsc2c3c4c(cc12)-c1c(ccc(O)c1O)C[C@H]4N(C)CC3.Cl.Cl. The van der Waals surface area contributed by atoms with Crippen molar-refractivity contribution in [2.24, 2.45) is 0 Å². The van der Waals surface area contributed by atoms with Gasteiger partial charge in [-0.2, -0.15) is 4.37 Å². The molecule has 5 rings (SSSR count). The maximum atomic E-state index is 10.5. The zero-order valence-electron chi connectivity index (χ0n) is 14.4. The van der Waals surface area contributed by atoms with E-state index in [2.05, 4.69) is 22.4 Å². The van der Waals surface area contributed by atoms with Crippen molar-refractivity contribution < 1.29 is 10.2 Å². The molecule has 2 aliphatic rings. The van der Waals surface area contributed by atoms with Gasteiger partial charge >= 0.3 is 0 Å². The Balaban J connectivity index is 0.000000980. The van der Waals surface area contributed by atoms with Crippen LogP contribution in [-0.4, -0.2) is 33.1 Å². The van der Waals surface area contributed by atoms with Crippen LogP contribution in [0.5, 0.6) is 11.5 Å². The van der Waals surface area contributed by atoms with Crippen LogP contribution < -0.4 is 0 Å². The van der Waals surface area contributed by atoms with E-state index in [0.717, 1.165) is 41.8 Å². The molecular weight excluding hydrogens is 391 g/mol. The van der Waals surface area contributed by atoms with Crippen LogP contribution in [0.4, 0.5) is 0 Å². The topological polar surface area (TPSA) is 56.6 Å². The lowest BCUT2D eigenvalue weighted by atomic mass is 9.76. The minimum Gasteiger partial charge on any atom is -0.504 e. The van der Waals surface area contributed by atoms with Crippen molar-refractivity contribution in [3.05, 3.63) is 40.6 Å². The second-order valence-corrected chi connectivity index (χ2v) is 7.65. The molecule has 0 radical (unpaired) electrons. The van der Waals surface area contributed by atoms with Crippen LogP contribution in [0.3, 0.4) is 0 Å². The standard InChI is InChI=1S/C19H18N2O2S.2ClH/c1-9-12-8-13-16-10(3-4-15(22)18(16)23)7-14-17(13)11(5-6-21(14)2)19(12)24-20-9;;/h3-4,8,14,22-23H,5-7H2,1-2H3;2*1H/t14-;;/m1../s1. The Bertz CT molecular complexity index is 1020. The normalized spacial score (nSPS) is 17.8. The van der Waals surface area contributed by atoms with E-state index < -0.39 is 0 Å². The van der Waals surface area contributed by atoms with Crippen LogP contribution in [0, 0.1) is 6.92 Å². The molecule has 1 aliphatic heterocycles. The van der Waals surface area contributed by atoms with Crippen LogP contribution in [0.2, 0.25) is 0 Å². The summed E-state index contributed by atoms with van der Waals surface area (Å²) < 4.78 is 5.84. The van der Waals surface area contributed by atoms with Crippen molar-refractivity contribution in [2.45, 2.75) is 25.8 Å². The smallest absolute Gasteiger partial charge is 0.165 e. The van der Waals surface area contributed by atoms with E-state index in [0.29, 0.717) is 6.04 Å². The maximum absolute atomic E-state index is 10.5. The molecule has 2 heterocycles. The molecular formula is C19H20Cl2N2O2S. The minimum atomic E-state index is -0.0506. The Morgan fingerprint density at radius 1 is 1.23 bits per heavy atom. The Morgan fingerprint density at radius 3 is 2.77 bits per heavy atom. The van der Waals surface area contributed by atoms with E-state index in [-0.39, 0.29) is 36.3 Å². The van der Waals surface area contributed by atoms with Gasteiger partial charge in [0.25, 0.3) is 0 Å². The maximum Gasteiger partial charge on any atom is 0.165 e. The van der Waals surface area contributed by atoms with Crippen molar-refractivity contribution >= 4 is 46.4 Å². The van der Waals surface area contributed by atoms with Crippen molar-refractivity contribution in [3.8, 4) is 22.6 Å². The van der Waals surface area contributed by atoms with Crippen molar-refractivity contribution in [3.63, 3.8) is 0 Å². The number of benzene rings is 2. The highest BCUT2D eigenvalue weighted by Gasteiger charge is 2.36. The van der Waals surface area contributed by atoms with Crippen molar-refractivity contribution in [1.29, 1.82) is 0 Å². The molecule has 2 aromatic carbocycles. The van der Waals surface area contributed by atoms with E-state index in [1.165, 1.54) is 21.2 Å². The molecule has 0 amide bonds. The summed E-state index contributed by atoms with van der Waals surface area (Å²) in [5, 5.41) is 21.7. The summed E-state index contributed by atoms with van der Waals surface area (Å²) in [7, 11) is 2.17. The third-order valence-electron chi connectivity index (χ3n) is 5.59. The van der Waals surface area contributed by atoms with Gasteiger partial charge in [-0.05, 0) is 72.7 Å². The number of rotatable bonds is 0. The van der Waals surface area contributed by atoms with Gasteiger partial charge in [0.15, 0.2) is 11.5 Å². The molecule has 138 valence electrons. The fraction of sp³-hybridized carbons (Fsp3) is 0.316. The quantitative estimate of drug-likeness (QED) is 0.531. The number of phenols is 2. The number of likely N-dealkylation sites (N-methyl/N-ethyl adjacent to an activating group) is 1. The summed E-state index contributed by atoms with van der Waals surface area (Å²) in [5.41, 5.74) is 6.69. The zero-order valence-corrected chi connectivity index (χ0v) is 16.9. The van der Waals surface area contributed by atoms with Gasteiger partial charge in [-0.1, -0.05) is 6.07 Å². The first-order chi connectivity index (χ1) is 11.6. The average molecular weight is 411 g/mol. The molecule has 26 heavy (non-hydrogen) atoms. The molecule has 0 spiro atoms. The highest BCUT2D eigenvalue weighted by molar-refractivity contribution is 7.13. The number of aromatic hydroxyl groups is 2. The minimum absolute atomic E-state index is 0. The zero-order chi connectivity index (χ0) is 16.6. The van der Waals surface area contributed by atoms with E-state index in [1.807, 2.05) is 13.0 Å². The molecule has 2 N–H and O–H groups in total. The van der Waals surface area contributed by atoms with Crippen LogP contribution in [-0.2, 0) is 12.8 Å². The van der Waals surface area contributed by atoms with Crippen LogP contribution in [0.25, 0.3) is 21.2 Å². The Morgan fingerprint density at radius 2 is 2.00 bits per heavy atom. The van der Waals surface area contributed by atoms with Gasteiger partial charge in [0.1, 0.15) is 0 Å². The predicted octanol–water partition coefficient (Wildman–Crippen LogP) is 4.61. The number of halogens is 2. The lowest BCUT2D eigenvalue weighted by Gasteiger charge is -2.40. The first-order valence-corrected chi connectivity index (χ1v) is 8.99. The number of aromatic nitrogens is 1. The Hall–Kier alpha value is -1.53. The Labute approximate surface area is 168 Å². The first kappa shape index (κ1) is 19.2. The number of hydrogen-bond acceptors (Lipinski definition) is 5. The average Bonchev–Trinajstić information content (AvgIpc) is 2.94. The molecule has 7 heteroatoms. The van der Waals surface area contributed by atoms with Crippen molar-refractivity contribution in [1.82, 2.24) is 9.27 Å². The largest absolute Gasteiger partial charge is 0.504 e. The number of phenolic OH excluding ortho intramolecular Hbond substituents is 2. The molecule has 0 saturated heterocycles. The summed E-state index contributed by atoms with van der Waals surface area (Å²) in [6.45, 7) is 3.07. The third-order valence-corrected chi connectivity index (χ3v) is 6.61. The molecule has 3 aromatic rings. The number of hydrogen-bond donors (Lipinski definition) is 2. The molecule has 1 atom stereocenters. The molecule has 0 bridgehead atoms. The summed E-state index contributed by atoms with van der Waals surface area (Å²) in [4.78, 5) is 2.40. The van der Waals surface area contributed by atoms with E-state index in [9.17, 15) is 10.2 Å².